The molecule has 1 aliphatic rings. The van der Waals surface area contributed by atoms with E-state index < -0.39 is 0 Å². The summed E-state index contributed by atoms with van der Waals surface area (Å²) >= 11 is 6.51. The first-order valence-electron chi connectivity index (χ1n) is 12.9. The summed E-state index contributed by atoms with van der Waals surface area (Å²) in [5, 5.41) is 19.9. The topological polar surface area (TPSA) is 81.6 Å². The number of halogens is 1. The number of aliphatic hydroxyl groups is 1. The summed E-state index contributed by atoms with van der Waals surface area (Å²) in [4.78, 5) is 14.9. The van der Waals surface area contributed by atoms with Crippen LogP contribution in [-0.4, -0.2) is 34.8 Å². The van der Waals surface area contributed by atoms with Crippen LogP contribution in [-0.2, 0) is 6.54 Å². The smallest absolute Gasteiger partial charge is 0.272 e. The lowest BCUT2D eigenvalue weighted by atomic mass is 10.1. The molecule has 38 heavy (non-hydrogen) atoms. The average molecular weight is 530 g/mol. The van der Waals surface area contributed by atoms with E-state index in [1.807, 2.05) is 60.2 Å². The van der Waals surface area contributed by atoms with Gasteiger partial charge in [0.2, 0.25) is 0 Å². The Morgan fingerprint density at radius 3 is 2.13 bits per heavy atom. The van der Waals surface area contributed by atoms with Crippen LogP contribution in [0.15, 0.2) is 85.1 Å². The number of anilines is 6. The van der Waals surface area contributed by atoms with Crippen LogP contribution in [0.4, 0.5) is 34.1 Å². The number of hydrogen-bond acceptors (Lipinski definition) is 5. The Labute approximate surface area is 228 Å². The van der Waals surface area contributed by atoms with Crippen LogP contribution in [0.1, 0.15) is 30.3 Å². The van der Waals surface area contributed by atoms with Crippen LogP contribution in [0.3, 0.4) is 0 Å². The number of aryl methyl sites for hydroxylation is 1. The molecule has 0 saturated carbocycles. The van der Waals surface area contributed by atoms with Crippen molar-refractivity contribution in [2.24, 2.45) is 0 Å². The molecule has 196 valence electrons. The number of amides is 1. The van der Waals surface area contributed by atoms with Crippen molar-refractivity contribution in [2.45, 2.75) is 32.4 Å². The van der Waals surface area contributed by atoms with Gasteiger partial charge in [-0.15, -0.1) is 0 Å². The molecular formula is C30H32ClN5O2. The molecular weight excluding hydrogens is 498 g/mol. The van der Waals surface area contributed by atoms with Gasteiger partial charge < -0.3 is 30.5 Å². The van der Waals surface area contributed by atoms with Crippen LogP contribution >= 0.6 is 11.6 Å². The third kappa shape index (κ3) is 6.13. The molecule has 1 aromatic heterocycles. The van der Waals surface area contributed by atoms with Gasteiger partial charge >= 0.3 is 0 Å². The summed E-state index contributed by atoms with van der Waals surface area (Å²) in [6, 6.07) is 25.5. The van der Waals surface area contributed by atoms with E-state index in [1.54, 1.807) is 12.1 Å². The number of carbonyl (C=O) groups is 1. The average Bonchev–Trinajstić information content (AvgIpc) is 3.42. The van der Waals surface area contributed by atoms with Crippen molar-refractivity contribution in [2.75, 3.05) is 33.9 Å². The Hall–Kier alpha value is -3.94. The minimum atomic E-state index is -0.169. The molecule has 0 spiro atoms. The van der Waals surface area contributed by atoms with E-state index in [1.165, 1.54) is 5.69 Å². The summed E-state index contributed by atoms with van der Waals surface area (Å²) in [6.07, 6.45) is 3.35. The van der Waals surface area contributed by atoms with Gasteiger partial charge in [0.15, 0.2) is 0 Å². The van der Waals surface area contributed by atoms with Gasteiger partial charge in [-0.05, 0) is 98.6 Å². The van der Waals surface area contributed by atoms with Crippen molar-refractivity contribution in [3.63, 3.8) is 0 Å². The summed E-state index contributed by atoms with van der Waals surface area (Å²) in [5.41, 5.74) is 6.07. The lowest BCUT2D eigenvalue weighted by Gasteiger charge is -2.31. The molecule has 1 fully saturated rings. The molecule has 1 aliphatic heterocycles. The van der Waals surface area contributed by atoms with Gasteiger partial charge in [-0.1, -0.05) is 11.6 Å². The molecule has 4 aromatic rings. The van der Waals surface area contributed by atoms with Crippen LogP contribution in [0.2, 0.25) is 5.02 Å². The van der Waals surface area contributed by atoms with E-state index >= 15 is 0 Å². The maximum Gasteiger partial charge on any atom is 0.272 e. The van der Waals surface area contributed by atoms with Crippen molar-refractivity contribution in [1.82, 2.24) is 4.57 Å². The third-order valence-corrected chi connectivity index (χ3v) is 7.09. The van der Waals surface area contributed by atoms with Gasteiger partial charge in [0.05, 0.1) is 16.8 Å². The first-order valence-corrected chi connectivity index (χ1v) is 13.3. The summed E-state index contributed by atoms with van der Waals surface area (Å²) in [7, 11) is 0. The number of aromatic nitrogens is 1. The molecule has 5 rings (SSSR count). The Morgan fingerprint density at radius 2 is 1.50 bits per heavy atom. The fraction of sp³-hybridized carbons (Fsp3) is 0.233. The lowest BCUT2D eigenvalue weighted by molar-refractivity contribution is 0.101. The fourth-order valence-electron chi connectivity index (χ4n) is 4.62. The summed E-state index contributed by atoms with van der Waals surface area (Å²) in [5.74, 6) is -0.169. The first kappa shape index (κ1) is 25.7. The first-order chi connectivity index (χ1) is 18.5. The van der Waals surface area contributed by atoms with Gasteiger partial charge in [-0.2, -0.15) is 0 Å². The van der Waals surface area contributed by atoms with E-state index in [9.17, 15) is 9.90 Å². The van der Waals surface area contributed by atoms with Crippen molar-refractivity contribution < 1.29 is 9.90 Å². The normalized spacial score (nSPS) is 13.8. The summed E-state index contributed by atoms with van der Waals surface area (Å²) < 4.78 is 1.89. The molecule has 0 aliphatic carbocycles. The minimum Gasteiger partial charge on any atom is -0.393 e. The molecule has 1 amide bonds. The number of piperidine rings is 1. The third-order valence-electron chi connectivity index (χ3n) is 6.78. The van der Waals surface area contributed by atoms with Gasteiger partial charge in [0.1, 0.15) is 5.69 Å². The maximum atomic E-state index is 12.6. The van der Waals surface area contributed by atoms with Gasteiger partial charge in [0.25, 0.3) is 5.91 Å². The van der Waals surface area contributed by atoms with E-state index in [0.717, 1.165) is 55.2 Å². The highest BCUT2D eigenvalue weighted by Gasteiger charge is 2.17. The predicted octanol–water partition coefficient (Wildman–Crippen LogP) is 6.86. The predicted molar refractivity (Wildman–Crippen MR) is 156 cm³/mol. The molecule has 2 heterocycles. The monoisotopic (exact) mass is 529 g/mol. The van der Waals surface area contributed by atoms with Crippen LogP contribution < -0.4 is 20.9 Å². The number of hydrogen-bond donors (Lipinski definition) is 4. The van der Waals surface area contributed by atoms with Crippen LogP contribution in [0, 0.1) is 0 Å². The maximum absolute atomic E-state index is 12.6. The van der Waals surface area contributed by atoms with Crippen molar-refractivity contribution >= 4 is 51.6 Å². The Bertz CT molecular complexity index is 1380. The lowest BCUT2D eigenvalue weighted by Crippen LogP contribution is -2.35. The van der Waals surface area contributed by atoms with Gasteiger partial charge in [-0.25, -0.2) is 0 Å². The zero-order chi connectivity index (χ0) is 26.5. The largest absolute Gasteiger partial charge is 0.393 e. The number of aliphatic hydroxyl groups excluding tert-OH is 1. The fourth-order valence-corrected chi connectivity index (χ4v) is 4.85. The zero-order valence-electron chi connectivity index (χ0n) is 21.3. The number of rotatable bonds is 8. The summed E-state index contributed by atoms with van der Waals surface area (Å²) in [6.45, 7) is 4.50. The van der Waals surface area contributed by atoms with Crippen molar-refractivity contribution in [3.8, 4) is 0 Å². The van der Waals surface area contributed by atoms with E-state index in [2.05, 4.69) is 45.1 Å². The second-order valence-electron chi connectivity index (χ2n) is 9.42. The highest BCUT2D eigenvalue weighted by molar-refractivity contribution is 6.33. The van der Waals surface area contributed by atoms with Crippen LogP contribution in [0.5, 0.6) is 0 Å². The minimum absolute atomic E-state index is 0.169. The number of nitrogens with zero attached hydrogens (tertiary/aromatic N) is 2. The molecule has 0 radical (unpaired) electrons. The van der Waals surface area contributed by atoms with Crippen molar-refractivity contribution in [3.05, 3.63) is 95.8 Å². The molecule has 0 atom stereocenters. The van der Waals surface area contributed by atoms with Crippen LogP contribution in [0.25, 0.3) is 0 Å². The molecule has 0 bridgehead atoms. The van der Waals surface area contributed by atoms with E-state index in [0.29, 0.717) is 16.4 Å². The molecule has 3 aromatic carbocycles. The highest BCUT2D eigenvalue weighted by Crippen LogP contribution is 2.30. The Morgan fingerprint density at radius 1 is 0.895 bits per heavy atom. The Balaban J connectivity index is 1.17. The van der Waals surface area contributed by atoms with E-state index in [4.69, 9.17) is 11.6 Å². The highest BCUT2D eigenvalue weighted by atomic mass is 35.5. The number of carbonyl (C=O) groups excluding carboxylic acids is 1. The molecule has 7 nitrogen and oxygen atoms in total. The molecule has 1 saturated heterocycles. The quantitative estimate of drug-likeness (QED) is 0.200. The number of benzene rings is 3. The van der Waals surface area contributed by atoms with Gasteiger partial charge in [-0.3, -0.25) is 4.79 Å². The second kappa shape index (κ2) is 11.6. The molecule has 4 N–H and O–H groups in total. The second-order valence-corrected chi connectivity index (χ2v) is 9.83. The number of nitrogens with one attached hydrogen (secondary N) is 3. The molecule has 0 unspecified atom stereocenters. The Kier molecular flexibility index (Phi) is 7.86. The zero-order valence-corrected chi connectivity index (χ0v) is 22.1. The standard InChI is InChI=1S/C30H32ClN5O2/c1-2-35-17-3-4-29(35)30(38)34-24-11-14-28(27(31)20-24)33-23-7-5-21(6-8-23)32-22-9-12-25(13-10-22)36-18-15-26(37)16-19-36/h3-14,17,20,26,32-33,37H,2,15-16,18-19H2,1H3,(H,34,38). The van der Waals surface area contributed by atoms with Crippen molar-refractivity contribution in [1.29, 1.82) is 0 Å². The molecule has 8 heteroatoms. The SMILES string of the molecule is CCn1cccc1C(=O)Nc1ccc(Nc2ccc(Nc3ccc(N4CCC(O)CC4)cc3)cc2)c(Cl)c1. The van der Waals surface area contributed by atoms with Gasteiger partial charge in [0, 0.05) is 54.3 Å². The van der Waals surface area contributed by atoms with E-state index in [-0.39, 0.29) is 12.0 Å².